The Morgan fingerprint density at radius 2 is 2.13 bits per heavy atom. The van der Waals surface area contributed by atoms with Crippen molar-refractivity contribution < 1.29 is 14.3 Å². The van der Waals surface area contributed by atoms with Gasteiger partial charge in [0.05, 0.1) is 12.2 Å². The van der Waals surface area contributed by atoms with Crippen LogP contribution in [0.15, 0.2) is 24.3 Å². The Morgan fingerprint density at radius 3 is 2.74 bits per heavy atom. The molecule has 1 heterocycles. The number of benzene rings is 1. The minimum Gasteiger partial charge on any atom is -0.462 e. The van der Waals surface area contributed by atoms with E-state index in [0.29, 0.717) is 36.9 Å². The number of rotatable bonds is 6. The maximum absolute atomic E-state index is 11.6. The molecule has 2 amide bonds. The fourth-order valence-corrected chi connectivity index (χ4v) is 2.33. The van der Waals surface area contributed by atoms with Gasteiger partial charge in [-0.25, -0.2) is 9.59 Å². The Hall–Kier alpha value is -2.35. The summed E-state index contributed by atoms with van der Waals surface area (Å²) in [5, 5.41) is 9.28. The summed E-state index contributed by atoms with van der Waals surface area (Å²) in [5.41, 5.74) is 1.27. The van der Waals surface area contributed by atoms with E-state index in [1.165, 1.54) is 0 Å². The molecule has 1 fully saturated rings. The highest BCUT2D eigenvalue weighted by Gasteiger charge is 2.18. The molecule has 0 bridgehead atoms. The summed E-state index contributed by atoms with van der Waals surface area (Å²) in [6, 6.07) is 6.83. The molecule has 1 saturated heterocycles. The molecule has 8 heteroatoms. The first kappa shape index (κ1) is 17.0. The third-order valence-corrected chi connectivity index (χ3v) is 3.51. The van der Waals surface area contributed by atoms with Gasteiger partial charge in [0.25, 0.3) is 0 Å². The van der Waals surface area contributed by atoms with Gasteiger partial charge in [0.2, 0.25) is 0 Å². The molecule has 23 heavy (non-hydrogen) atoms. The van der Waals surface area contributed by atoms with Gasteiger partial charge >= 0.3 is 12.0 Å². The van der Waals surface area contributed by atoms with Gasteiger partial charge in [0.1, 0.15) is 0 Å². The van der Waals surface area contributed by atoms with Crippen LogP contribution in [0, 0.1) is 0 Å². The minimum atomic E-state index is -0.344. The molecule has 0 unspecified atom stereocenters. The second-order valence-corrected chi connectivity index (χ2v) is 5.31. The van der Waals surface area contributed by atoms with Crippen molar-refractivity contribution in [2.75, 3.05) is 38.1 Å². The fraction of sp³-hybridized carbons (Fsp3) is 0.400. The number of nitrogens with one attached hydrogen (secondary N) is 3. The van der Waals surface area contributed by atoms with Gasteiger partial charge in [-0.1, -0.05) is 0 Å². The van der Waals surface area contributed by atoms with Crippen LogP contribution < -0.4 is 16.0 Å². The monoisotopic (exact) mass is 336 g/mol. The molecule has 0 atom stereocenters. The summed E-state index contributed by atoms with van der Waals surface area (Å²) in [4.78, 5) is 24.7. The summed E-state index contributed by atoms with van der Waals surface area (Å²) in [7, 11) is 0. The molecular weight excluding hydrogens is 316 g/mol. The van der Waals surface area contributed by atoms with E-state index in [0.717, 1.165) is 12.2 Å². The van der Waals surface area contributed by atoms with E-state index < -0.39 is 0 Å². The number of amides is 2. The normalized spacial score (nSPS) is 13.4. The van der Waals surface area contributed by atoms with Gasteiger partial charge in [-0.2, -0.15) is 0 Å². The summed E-state index contributed by atoms with van der Waals surface area (Å²) in [5.74, 6) is -0.344. The van der Waals surface area contributed by atoms with Crippen LogP contribution in [-0.4, -0.2) is 54.8 Å². The highest BCUT2D eigenvalue weighted by atomic mass is 32.1. The molecule has 0 aliphatic carbocycles. The van der Waals surface area contributed by atoms with Crippen molar-refractivity contribution in [1.29, 1.82) is 0 Å². The van der Waals surface area contributed by atoms with E-state index in [9.17, 15) is 9.59 Å². The summed E-state index contributed by atoms with van der Waals surface area (Å²) < 4.78 is 4.92. The number of hydrogen-bond donors (Lipinski definition) is 3. The smallest absolute Gasteiger partial charge is 0.338 e. The lowest BCUT2D eigenvalue weighted by Gasteiger charge is -2.16. The number of carbonyl (C=O) groups excluding carboxylic acids is 2. The van der Waals surface area contributed by atoms with Crippen molar-refractivity contribution in [2.45, 2.75) is 6.92 Å². The number of esters is 1. The number of thiocarbonyl (C=S) groups is 1. The average Bonchev–Trinajstić information content (AvgIpc) is 2.93. The van der Waals surface area contributed by atoms with E-state index in [2.05, 4.69) is 16.0 Å². The van der Waals surface area contributed by atoms with Gasteiger partial charge in [0.15, 0.2) is 5.11 Å². The van der Waals surface area contributed by atoms with Crippen LogP contribution in [0.25, 0.3) is 0 Å². The zero-order valence-electron chi connectivity index (χ0n) is 12.9. The predicted octanol–water partition coefficient (Wildman–Crippen LogP) is 1.17. The summed E-state index contributed by atoms with van der Waals surface area (Å²) in [6.45, 7) is 4.69. The average molecular weight is 336 g/mol. The van der Waals surface area contributed by atoms with Gasteiger partial charge in [0, 0.05) is 31.9 Å². The Bertz CT molecular complexity index is 577. The van der Waals surface area contributed by atoms with Crippen LogP contribution in [0.2, 0.25) is 0 Å². The Morgan fingerprint density at radius 1 is 1.39 bits per heavy atom. The topological polar surface area (TPSA) is 82.7 Å². The van der Waals surface area contributed by atoms with E-state index >= 15 is 0 Å². The molecule has 1 aromatic rings. The number of urea groups is 1. The van der Waals surface area contributed by atoms with Crippen molar-refractivity contribution in [1.82, 2.24) is 15.5 Å². The van der Waals surface area contributed by atoms with Crippen LogP contribution in [0.5, 0.6) is 0 Å². The van der Waals surface area contributed by atoms with Crippen LogP contribution in [0.4, 0.5) is 10.5 Å². The standard InChI is InChI=1S/C15H20N4O3S/c1-2-22-13(20)11-3-5-12(6-4-11)18-14(23)16-7-9-19-10-8-17-15(19)21/h3-6H,2,7-10H2,1H3,(H,17,21)(H2,16,18,23). The van der Waals surface area contributed by atoms with Crippen LogP contribution in [0.1, 0.15) is 17.3 Å². The zero-order chi connectivity index (χ0) is 16.7. The second-order valence-electron chi connectivity index (χ2n) is 4.90. The van der Waals surface area contributed by atoms with Crippen LogP contribution in [0.3, 0.4) is 0 Å². The van der Waals surface area contributed by atoms with Crippen LogP contribution >= 0.6 is 12.2 Å². The van der Waals surface area contributed by atoms with Gasteiger partial charge < -0.3 is 25.6 Å². The summed E-state index contributed by atoms with van der Waals surface area (Å²) >= 11 is 5.20. The van der Waals surface area contributed by atoms with E-state index in [1.54, 1.807) is 36.1 Å². The lowest BCUT2D eigenvalue weighted by Crippen LogP contribution is -2.38. The van der Waals surface area contributed by atoms with Crippen LogP contribution in [-0.2, 0) is 4.74 Å². The molecule has 0 saturated carbocycles. The molecule has 1 aromatic carbocycles. The molecule has 3 N–H and O–H groups in total. The highest BCUT2D eigenvalue weighted by molar-refractivity contribution is 7.80. The third kappa shape index (κ3) is 5.10. The summed E-state index contributed by atoms with van der Waals surface area (Å²) in [6.07, 6.45) is 0. The van der Waals surface area contributed by atoms with Crippen molar-refractivity contribution in [3.05, 3.63) is 29.8 Å². The number of anilines is 1. The Labute approximate surface area is 140 Å². The Kier molecular flexibility index (Phi) is 6.16. The number of nitrogens with zero attached hydrogens (tertiary/aromatic N) is 1. The molecule has 1 aliphatic heterocycles. The van der Waals surface area contributed by atoms with E-state index in [4.69, 9.17) is 17.0 Å². The molecule has 0 radical (unpaired) electrons. The molecule has 2 rings (SSSR count). The first-order valence-corrected chi connectivity index (χ1v) is 7.86. The van der Waals surface area contributed by atoms with E-state index in [1.807, 2.05) is 0 Å². The molecule has 0 spiro atoms. The van der Waals surface area contributed by atoms with Crippen molar-refractivity contribution in [2.24, 2.45) is 0 Å². The minimum absolute atomic E-state index is 0.0415. The maximum atomic E-state index is 11.6. The van der Waals surface area contributed by atoms with E-state index in [-0.39, 0.29) is 12.0 Å². The van der Waals surface area contributed by atoms with Gasteiger partial charge in [-0.05, 0) is 43.4 Å². The van der Waals surface area contributed by atoms with Gasteiger partial charge in [-0.3, -0.25) is 0 Å². The Balaban J connectivity index is 1.74. The molecule has 7 nitrogen and oxygen atoms in total. The molecule has 1 aliphatic rings. The molecular formula is C15H20N4O3S. The highest BCUT2D eigenvalue weighted by Crippen LogP contribution is 2.10. The second kappa shape index (κ2) is 8.33. The first-order valence-electron chi connectivity index (χ1n) is 7.45. The number of hydrogen-bond acceptors (Lipinski definition) is 4. The number of carbonyl (C=O) groups is 2. The van der Waals surface area contributed by atoms with Gasteiger partial charge in [-0.15, -0.1) is 0 Å². The first-order chi connectivity index (χ1) is 11.1. The fourth-order valence-electron chi connectivity index (χ4n) is 2.11. The lowest BCUT2D eigenvalue weighted by atomic mass is 10.2. The van der Waals surface area contributed by atoms with Crippen molar-refractivity contribution in [3.8, 4) is 0 Å². The van der Waals surface area contributed by atoms with Crippen molar-refractivity contribution >= 4 is 35.0 Å². The predicted molar refractivity (Wildman–Crippen MR) is 91.6 cm³/mol. The van der Waals surface area contributed by atoms with Crippen molar-refractivity contribution in [3.63, 3.8) is 0 Å². The third-order valence-electron chi connectivity index (χ3n) is 3.27. The zero-order valence-corrected chi connectivity index (χ0v) is 13.7. The molecule has 0 aromatic heterocycles. The lowest BCUT2D eigenvalue weighted by molar-refractivity contribution is 0.0526. The SMILES string of the molecule is CCOC(=O)c1ccc(NC(=S)NCCN2CCNC2=O)cc1. The quantitative estimate of drug-likeness (QED) is 0.534. The largest absolute Gasteiger partial charge is 0.462 e. The number of ether oxygens (including phenoxy) is 1. The maximum Gasteiger partial charge on any atom is 0.338 e. The molecule has 124 valence electrons.